The van der Waals surface area contributed by atoms with Crippen molar-refractivity contribution < 1.29 is 19.5 Å². The molecule has 31 heavy (non-hydrogen) atoms. The van der Waals surface area contributed by atoms with Gasteiger partial charge in [0.15, 0.2) is 0 Å². The van der Waals surface area contributed by atoms with E-state index < -0.39 is 6.10 Å². The number of halogens is 2. The maximum atomic E-state index is 12.6. The van der Waals surface area contributed by atoms with Crippen LogP contribution in [0.2, 0.25) is 10.0 Å². The first kappa shape index (κ1) is 23.8. The van der Waals surface area contributed by atoms with Gasteiger partial charge in [0.2, 0.25) is 11.8 Å². The molecular weight excluding hydrogens is 439 g/mol. The first-order valence-corrected chi connectivity index (χ1v) is 11.5. The first-order chi connectivity index (χ1) is 14.8. The van der Waals surface area contributed by atoms with Crippen molar-refractivity contribution in [1.82, 2.24) is 9.80 Å². The number of piperidine rings is 1. The van der Waals surface area contributed by atoms with Crippen LogP contribution in [0.25, 0.3) is 6.08 Å². The number of hydrogen-bond donors (Lipinski definition) is 1. The van der Waals surface area contributed by atoms with Crippen LogP contribution in [0.1, 0.15) is 44.1 Å². The Labute approximate surface area is 192 Å². The molecule has 2 amide bonds. The number of rotatable bonds is 5. The van der Waals surface area contributed by atoms with E-state index in [0.29, 0.717) is 61.9 Å². The van der Waals surface area contributed by atoms with Gasteiger partial charge in [0.05, 0.1) is 16.1 Å². The highest BCUT2D eigenvalue weighted by atomic mass is 35.5. The zero-order valence-electron chi connectivity index (χ0n) is 17.4. The summed E-state index contributed by atoms with van der Waals surface area (Å²) in [6, 6.07) is 5.14. The maximum Gasteiger partial charge on any atom is 0.246 e. The number of carbonyl (C=O) groups excluding carboxylic acids is 3. The molecule has 2 unspecified atom stereocenters. The number of β-amino-alcohol motifs (C(OH)–C–C–N with tert-alkyl or cyclic N) is 1. The van der Waals surface area contributed by atoms with Crippen LogP contribution in [-0.4, -0.2) is 64.8 Å². The van der Waals surface area contributed by atoms with Gasteiger partial charge in [-0.25, -0.2) is 0 Å². The number of ketones is 1. The molecule has 2 aliphatic heterocycles. The van der Waals surface area contributed by atoms with Crippen molar-refractivity contribution in [2.75, 3.05) is 26.2 Å². The van der Waals surface area contributed by atoms with Crippen molar-refractivity contribution in [2.24, 2.45) is 5.92 Å². The van der Waals surface area contributed by atoms with Gasteiger partial charge in [0.1, 0.15) is 5.78 Å². The summed E-state index contributed by atoms with van der Waals surface area (Å²) in [6.45, 7) is 1.91. The average Bonchev–Trinajstić information content (AvgIpc) is 2.94. The molecule has 3 rings (SSSR count). The number of aliphatic hydroxyl groups excluding tert-OH is 1. The molecule has 2 saturated heterocycles. The minimum absolute atomic E-state index is 0.00621. The van der Waals surface area contributed by atoms with Crippen LogP contribution in [0.3, 0.4) is 0 Å². The highest BCUT2D eigenvalue weighted by Crippen LogP contribution is 2.24. The molecule has 0 aliphatic carbocycles. The second-order valence-corrected chi connectivity index (χ2v) is 9.02. The summed E-state index contributed by atoms with van der Waals surface area (Å²) in [5.74, 6) is -0.267. The Balaban J connectivity index is 1.50. The molecular formula is C23H28Cl2N2O4. The fourth-order valence-corrected chi connectivity index (χ4v) is 4.39. The van der Waals surface area contributed by atoms with Gasteiger partial charge < -0.3 is 14.9 Å². The van der Waals surface area contributed by atoms with E-state index in [-0.39, 0.29) is 23.5 Å². The molecule has 2 fully saturated rings. The van der Waals surface area contributed by atoms with Crippen molar-refractivity contribution in [3.63, 3.8) is 0 Å². The largest absolute Gasteiger partial charge is 0.391 e. The van der Waals surface area contributed by atoms with Gasteiger partial charge in [0.25, 0.3) is 0 Å². The molecule has 168 valence electrons. The van der Waals surface area contributed by atoms with Gasteiger partial charge in [-0.05, 0) is 49.5 Å². The van der Waals surface area contributed by atoms with Crippen molar-refractivity contribution >= 4 is 46.9 Å². The van der Waals surface area contributed by atoms with Crippen molar-refractivity contribution in [3.8, 4) is 0 Å². The smallest absolute Gasteiger partial charge is 0.246 e. The zero-order chi connectivity index (χ0) is 22.4. The van der Waals surface area contributed by atoms with Crippen LogP contribution in [0.15, 0.2) is 24.3 Å². The van der Waals surface area contributed by atoms with Crippen LogP contribution in [-0.2, 0) is 14.4 Å². The van der Waals surface area contributed by atoms with E-state index in [2.05, 4.69) is 0 Å². The normalized spacial score (nSPS) is 22.6. The third-order valence-electron chi connectivity index (χ3n) is 5.96. The number of Topliss-reactive ketones (excluding diaryl/α,β-unsaturated/α-hetero) is 1. The molecule has 1 aromatic carbocycles. The van der Waals surface area contributed by atoms with E-state index in [1.54, 1.807) is 34.1 Å². The molecule has 0 aromatic heterocycles. The van der Waals surface area contributed by atoms with E-state index in [1.165, 1.54) is 6.08 Å². The number of hydrogen-bond acceptors (Lipinski definition) is 4. The van der Waals surface area contributed by atoms with E-state index in [9.17, 15) is 19.5 Å². The van der Waals surface area contributed by atoms with Crippen LogP contribution in [0.5, 0.6) is 0 Å². The number of nitrogens with zero attached hydrogens (tertiary/aromatic N) is 2. The SMILES string of the molecule is O=C1CCN(C(=O)C=Cc2ccc(Cl)c(Cl)c2)CCC1CCC(=O)N1CCCC(O)C1. The Morgan fingerprint density at radius 1 is 1.10 bits per heavy atom. The molecule has 1 aromatic rings. The van der Waals surface area contributed by atoms with Gasteiger partial charge in [-0.3, -0.25) is 14.4 Å². The monoisotopic (exact) mass is 466 g/mol. The molecule has 2 aliphatic rings. The standard InChI is InChI=1S/C23H28Cl2N2O4/c24-19-6-3-16(14-20(19)25)4-7-22(30)26-12-9-17(21(29)10-13-26)5-8-23(31)27-11-1-2-18(28)15-27/h3-4,6-7,14,17-18,28H,1-2,5,8-13,15H2. The fourth-order valence-electron chi connectivity index (χ4n) is 4.09. The lowest BCUT2D eigenvalue weighted by molar-refractivity contribution is -0.134. The fraction of sp³-hybridized carbons (Fsp3) is 0.522. The molecule has 2 atom stereocenters. The molecule has 6 nitrogen and oxygen atoms in total. The number of carbonyl (C=O) groups is 3. The van der Waals surface area contributed by atoms with Gasteiger partial charge in [0, 0.05) is 51.0 Å². The molecule has 1 N–H and O–H groups in total. The third kappa shape index (κ3) is 6.79. The van der Waals surface area contributed by atoms with Gasteiger partial charge in [-0.2, -0.15) is 0 Å². The molecule has 0 bridgehead atoms. The van der Waals surface area contributed by atoms with E-state index in [0.717, 1.165) is 18.4 Å². The number of aliphatic hydroxyl groups is 1. The molecule has 2 heterocycles. The van der Waals surface area contributed by atoms with Crippen LogP contribution in [0, 0.1) is 5.92 Å². The number of amides is 2. The summed E-state index contributed by atoms with van der Waals surface area (Å²) in [6.07, 6.45) is 5.90. The highest BCUT2D eigenvalue weighted by Gasteiger charge is 2.28. The number of benzene rings is 1. The molecule has 8 heteroatoms. The maximum absolute atomic E-state index is 12.6. The second-order valence-electron chi connectivity index (χ2n) is 8.21. The Bertz CT molecular complexity index is 858. The van der Waals surface area contributed by atoms with E-state index in [1.807, 2.05) is 0 Å². The summed E-state index contributed by atoms with van der Waals surface area (Å²) < 4.78 is 0. The molecule has 0 spiro atoms. The van der Waals surface area contributed by atoms with Crippen LogP contribution >= 0.6 is 23.2 Å². The number of likely N-dealkylation sites (tertiary alicyclic amines) is 2. The minimum Gasteiger partial charge on any atom is -0.391 e. The predicted octanol–water partition coefficient (Wildman–Crippen LogP) is 3.58. The summed E-state index contributed by atoms with van der Waals surface area (Å²) in [7, 11) is 0. The van der Waals surface area contributed by atoms with Crippen molar-refractivity contribution in [2.45, 2.75) is 44.6 Å². The van der Waals surface area contributed by atoms with Crippen LogP contribution < -0.4 is 0 Å². The average molecular weight is 467 g/mol. The predicted molar refractivity (Wildman–Crippen MR) is 121 cm³/mol. The summed E-state index contributed by atoms with van der Waals surface area (Å²) in [5.41, 5.74) is 0.771. The van der Waals surface area contributed by atoms with Gasteiger partial charge >= 0.3 is 0 Å². The lowest BCUT2D eigenvalue weighted by Gasteiger charge is -2.30. The highest BCUT2D eigenvalue weighted by molar-refractivity contribution is 6.42. The Morgan fingerprint density at radius 2 is 1.90 bits per heavy atom. The topological polar surface area (TPSA) is 77.9 Å². The Morgan fingerprint density at radius 3 is 2.65 bits per heavy atom. The minimum atomic E-state index is -0.450. The Kier molecular flexibility index (Phi) is 8.52. The summed E-state index contributed by atoms with van der Waals surface area (Å²) in [4.78, 5) is 40.9. The van der Waals surface area contributed by atoms with Gasteiger partial charge in [-0.1, -0.05) is 29.3 Å². The van der Waals surface area contributed by atoms with Gasteiger partial charge in [-0.15, -0.1) is 0 Å². The lowest BCUT2D eigenvalue weighted by Crippen LogP contribution is -2.42. The van der Waals surface area contributed by atoms with Crippen LogP contribution in [0.4, 0.5) is 0 Å². The van der Waals surface area contributed by atoms with E-state index in [4.69, 9.17) is 23.2 Å². The molecule has 0 radical (unpaired) electrons. The van der Waals surface area contributed by atoms with E-state index >= 15 is 0 Å². The van der Waals surface area contributed by atoms with Crippen molar-refractivity contribution in [3.05, 3.63) is 39.9 Å². The first-order valence-electron chi connectivity index (χ1n) is 10.7. The van der Waals surface area contributed by atoms with Crippen molar-refractivity contribution in [1.29, 1.82) is 0 Å². The quantitative estimate of drug-likeness (QED) is 0.672. The second kappa shape index (κ2) is 11.1. The zero-order valence-corrected chi connectivity index (χ0v) is 18.9. The molecule has 0 saturated carbocycles. The third-order valence-corrected chi connectivity index (χ3v) is 6.70. The Hall–Kier alpha value is -1.89. The lowest BCUT2D eigenvalue weighted by atomic mass is 9.93. The summed E-state index contributed by atoms with van der Waals surface area (Å²) in [5, 5.41) is 10.6. The summed E-state index contributed by atoms with van der Waals surface area (Å²) >= 11 is 11.9.